The van der Waals surface area contributed by atoms with E-state index in [0.717, 1.165) is 3.57 Å². The summed E-state index contributed by atoms with van der Waals surface area (Å²) in [6.07, 6.45) is -0.786. The van der Waals surface area contributed by atoms with E-state index in [0.29, 0.717) is 11.3 Å². The van der Waals surface area contributed by atoms with Crippen LogP contribution < -0.4 is 15.4 Å². The lowest BCUT2D eigenvalue weighted by Crippen LogP contribution is -2.54. The normalized spacial score (nSPS) is 12.8. The predicted octanol–water partition coefficient (Wildman–Crippen LogP) is 1.48. The molecule has 0 aliphatic carbocycles. The van der Waals surface area contributed by atoms with Gasteiger partial charge in [0, 0.05) is 9.13 Å². The number of rotatable bonds is 11. The highest BCUT2D eigenvalue weighted by atomic mass is 125. The molecule has 0 bridgehead atoms. The van der Waals surface area contributed by atoms with Gasteiger partial charge in [-0.25, -0.2) is 4.39 Å². The number of halogens is 2. The minimum atomic E-state index is -1.50. The molecule has 0 heterocycles. The van der Waals surface area contributed by atoms with Gasteiger partial charge in [0.1, 0.15) is 24.5 Å². The molecule has 0 saturated heterocycles. The summed E-state index contributed by atoms with van der Waals surface area (Å²) in [7, 11) is 1.48. The molecule has 1 unspecified atom stereocenters. The van der Waals surface area contributed by atoms with Crippen molar-refractivity contribution in [2.24, 2.45) is 5.92 Å². The maximum atomic E-state index is 12.7. The Morgan fingerprint density at radius 3 is 2.38 bits per heavy atom. The molecule has 2 atom stereocenters. The predicted molar refractivity (Wildman–Crippen MR) is 111 cm³/mol. The maximum absolute atomic E-state index is 12.7. The molecule has 1 rings (SSSR count). The molecule has 2 amide bonds. The van der Waals surface area contributed by atoms with Crippen LogP contribution in [0.25, 0.3) is 0 Å². The molecule has 1 aromatic carbocycles. The molecular weight excluding hydrogens is 496 g/mol. The van der Waals surface area contributed by atoms with Gasteiger partial charge in [-0.05, 0) is 46.7 Å². The Morgan fingerprint density at radius 1 is 1.21 bits per heavy atom. The van der Waals surface area contributed by atoms with Crippen LogP contribution in [0, 0.1) is 9.49 Å². The van der Waals surface area contributed by atoms with Crippen molar-refractivity contribution in [1.82, 2.24) is 10.6 Å². The minimum absolute atomic E-state index is 0.0432. The van der Waals surface area contributed by atoms with Gasteiger partial charge < -0.3 is 20.5 Å². The zero-order valence-electron chi connectivity index (χ0n) is 16.3. The number of carboxylic acid groups (broad SMARTS) is 1. The second-order valence-electron chi connectivity index (χ2n) is 6.68. The molecule has 29 heavy (non-hydrogen) atoms. The maximum Gasteiger partial charge on any atom is 0.305 e. The zero-order valence-corrected chi connectivity index (χ0v) is 18.5. The number of hydrogen-bond acceptors (Lipinski definition) is 5. The van der Waals surface area contributed by atoms with E-state index in [9.17, 15) is 23.6 Å². The van der Waals surface area contributed by atoms with E-state index in [1.165, 1.54) is 7.11 Å². The van der Waals surface area contributed by atoms with Crippen molar-refractivity contribution in [3.63, 3.8) is 0 Å². The van der Waals surface area contributed by atoms with Crippen molar-refractivity contribution in [3.05, 3.63) is 27.3 Å². The summed E-state index contributed by atoms with van der Waals surface area (Å²) in [4.78, 5) is 47.5. The molecule has 0 saturated carbocycles. The molecule has 3 N–H and O–H groups in total. The van der Waals surface area contributed by atoms with Crippen LogP contribution >= 0.6 is 22.6 Å². The number of ether oxygens (including phenoxy) is 1. The van der Waals surface area contributed by atoms with Crippen molar-refractivity contribution < 1.29 is 33.4 Å². The van der Waals surface area contributed by atoms with Gasteiger partial charge in [-0.3, -0.25) is 19.2 Å². The lowest BCUT2D eigenvalue weighted by Gasteiger charge is -2.24. The third-order valence-electron chi connectivity index (χ3n) is 4.07. The number of methoxy groups -OCH3 is 1. The fourth-order valence-corrected chi connectivity index (χ4v) is 3.15. The number of nitrogens with one attached hydrogen (secondary N) is 2. The van der Waals surface area contributed by atoms with Gasteiger partial charge in [-0.2, -0.15) is 0 Å². The number of aliphatic carboxylic acids is 1. The number of amides is 2. The number of ketones is 1. The lowest BCUT2D eigenvalue weighted by atomic mass is 10.0. The van der Waals surface area contributed by atoms with E-state index < -0.39 is 48.7 Å². The van der Waals surface area contributed by atoms with E-state index in [1.807, 2.05) is 6.07 Å². The van der Waals surface area contributed by atoms with Crippen LogP contribution in [0.1, 0.15) is 25.8 Å². The van der Waals surface area contributed by atoms with Crippen LogP contribution in [0.15, 0.2) is 18.2 Å². The quantitative estimate of drug-likeness (QED) is 0.380. The highest BCUT2D eigenvalue weighted by Gasteiger charge is 2.30. The Labute approximate surface area is 181 Å². The van der Waals surface area contributed by atoms with E-state index in [2.05, 4.69) is 33.2 Å². The van der Waals surface area contributed by atoms with Crippen molar-refractivity contribution in [2.75, 3.05) is 13.8 Å². The number of carbonyl (C=O) groups is 4. The monoisotopic (exact) mass is 520 g/mol. The van der Waals surface area contributed by atoms with E-state index >= 15 is 0 Å². The van der Waals surface area contributed by atoms with Crippen molar-refractivity contribution in [2.45, 2.75) is 38.8 Å². The first-order valence-electron chi connectivity index (χ1n) is 8.81. The second-order valence-corrected chi connectivity index (χ2v) is 7.93. The van der Waals surface area contributed by atoms with E-state index in [-0.39, 0.29) is 12.3 Å². The van der Waals surface area contributed by atoms with Crippen LogP contribution in [-0.4, -0.2) is 54.5 Å². The fourth-order valence-electron chi connectivity index (χ4n) is 2.59. The standard InChI is InChI=1S/C19H24FIN2O6/c1-10(2)18(19(28)22-13(8-17(26)27)14(24)9-20)23-16(25)7-11-6-12(21)4-5-15(11)29-3/h4-6,10,13,18H,7-9H2,1-3H3,(H,22,28)(H,23,25)(H,26,27)/t13?,18-/m0/s1/i21-2. The average Bonchev–Trinajstić information content (AvgIpc) is 2.64. The van der Waals surface area contributed by atoms with Crippen molar-refractivity contribution in [3.8, 4) is 5.75 Å². The van der Waals surface area contributed by atoms with Gasteiger partial charge in [0.15, 0.2) is 5.78 Å². The van der Waals surface area contributed by atoms with Gasteiger partial charge in [-0.15, -0.1) is 0 Å². The van der Waals surface area contributed by atoms with Crippen molar-refractivity contribution in [1.29, 1.82) is 0 Å². The first-order valence-corrected chi connectivity index (χ1v) is 9.89. The van der Waals surface area contributed by atoms with Crippen LogP contribution in [0.5, 0.6) is 5.75 Å². The van der Waals surface area contributed by atoms with Crippen LogP contribution in [0.4, 0.5) is 4.39 Å². The van der Waals surface area contributed by atoms with Crippen LogP contribution in [-0.2, 0) is 25.6 Å². The largest absolute Gasteiger partial charge is 0.496 e. The average molecular weight is 520 g/mol. The van der Waals surface area contributed by atoms with Gasteiger partial charge in [-0.1, -0.05) is 13.8 Å². The Balaban J connectivity index is 2.90. The van der Waals surface area contributed by atoms with Gasteiger partial charge >= 0.3 is 5.97 Å². The van der Waals surface area contributed by atoms with Crippen LogP contribution in [0.3, 0.4) is 0 Å². The molecule has 0 aromatic heterocycles. The third-order valence-corrected chi connectivity index (χ3v) is 4.75. The van der Waals surface area contributed by atoms with E-state index in [4.69, 9.17) is 9.84 Å². The first kappa shape index (κ1) is 24.8. The molecule has 0 radical (unpaired) electrons. The lowest BCUT2D eigenvalue weighted by molar-refractivity contribution is -0.140. The molecule has 1 aromatic rings. The number of alkyl halides is 1. The third kappa shape index (κ3) is 7.95. The summed E-state index contributed by atoms with van der Waals surface area (Å²) in [5, 5.41) is 13.7. The summed E-state index contributed by atoms with van der Waals surface area (Å²) >= 11 is 2.10. The fraction of sp³-hybridized carbons (Fsp3) is 0.474. The summed E-state index contributed by atoms with van der Waals surface area (Å²) in [5.41, 5.74) is 0.635. The summed E-state index contributed by atoms with van der Waals surface area (Å²) in [6, 6.07) is 2.82. The van der Waals surface area contributed by atoms with Gasteiger partial charge in [0.2, 0.25) is 11.8 Å². The van der Waals surface area contributed by atoms with Crippen LogP contribution in [0.2, 0.25) is 0 Å². The van der Waals surface area contributed by atoms with Crippen molar-refractivity contribution >= 4 is 46.2 Å². The zero-order chi connectivity index (χ0) is 22.1. The molecule has 0 aliphatic heterocycles. The smallest absolute Gasteiger partial charge is 0.305 e. The van der Waals surface area contributed by atoms with Gasteiger partial charge in [0.25, 0.3) is 0 Å². The number of carbonyl (C=O) groups excluding carboxylic acids is 3. The second kappa shape index (κ2) is 11.7. The molecule has 10 heteroatoms. The highest BCUT2D eigenvalue weighted by molar-refractivity contribution is 14.1. The first-order chi connectivity index (χ1) is 13.6. The highest BCUT2D eigenvalue weighted by Crippen LogP contribution is 2.21. The summed E-state index contributed by atoms with van der Waals surface area (Å²) < 4.78 is 18.8. The number of carboxylic acids is 1. The number of benzene rings is 1. The number of Topliss-reactive ketones (excluding diaryl/α,β-unsaturated/α-hetero) is 1. The summed E-state index contributed by atoms with van der Waals surface area (Å²) in [5.74, 6) is -3.43. The molecule has 0 aliphatic rings. The van der Waals surface area contributed by atoms with E-state index in [1.54, 1.807) is 26.0 Å². The van der Waals surface area contributed by atoms with Gasteiger partial charge in [0.05, 0.1) is 20.0 Å². The molecular formula is C19H24FIN2O6. The Morgan fingerprint density at radius 2 is 1.86 bits per heavy atom. The Hall–Kier alpha value is -2.24. The molecule has 8 nitrogen and oxygen atoms in total. The molecule has 160 valence electrons. The minimum Gasteiger partial charge on any atom is -0.496 e. The molecule has 0 fully saturated rings. The Kier molecular flexibility index (Phi) is 9.99. The Bertz CT molecular complexity index is 771. The number of hydrogen-bond donors (Lipinski definition) is 3. The SMILES string of the molecule is COc1ccc([125I])cc1CC(=O)N[C@H](C(=O)NC(CC(=O)O)C(=O)CF)C(C)C. The topological polar surface area (TPSA) is 122 Å². The molecule has 0 spiro atoms. The summed E-state index contributed by atoms with van der Waals surface area (Å²) in [6.45, 7) is 1.96.